The van der Waals surface area contributed by atoms with Crippen LogP contribution in [-0.4, -0.2) is 12.0 Å². The van der Waals surface area contributed by atoms with Gasteiger partial charge in [-0.05, 0) is 24.3 Å². The highest BCUT2D eigenvalue weighted by molar-refractivity contribution is 6.01. The average Bonchev–Trinajstić information content (AvgIpc) is 2.07. The van der Waals surface area contributed by atoms with Crippen LogP contribution in [0.1, 0.15) is 0 Å². The van der Waals surface area contributed by atoms with Crippen molar-refractivity contribution in [1.82, 2.24) is 5.32 Å². The van der Waals surface area contributed by atoms with Crippen molar-refractivity contribution >= 4 is 17.7 Å². The van der Waals surface area contributed by atoms with Gasteiger partial charge in [-0.2, -0.15) is 0 Å². The highest BCUT2D eigenvalue weighted by atomic mass is 19.1. The van der Waals surface area contributed by atoms with Crippen molar-refractivity contribution in [3.8, 4) is 0 Å². The fraction of sp³-hybridized carbons (Fsp3) is 0. The molecule has 74 valence electrons. The summed E-state index contributed by atoms with van der Waals surface area (Å²) in [6, 6.07) is 4.52. The standard InChI is InChI=1S/C8H9FN4O/c9-5-1-3-6(4-2-5)12-7(10)13-8(11)14/h1-4H,(H5,10,11,12,13,14). The molecule has 0 heterocycles. The predicted molar refractivity (Wildman–Crippen MR) is 50.5 cm³/mol. The Morgan fingerprint density at radius 3 is 2.43 bits per heavy atom. The van der Waals surface area contributed by atoms with Crippen LogP contribution in [0.2, 0.25) is 0 Å². The zero-order chi connectivity index (χ0) is 10.6. The summed E-state index contributed by atoms with van der Waals surface area (Å²) in [6.07, 6.45) is 0. The Labute approximate surface area is 79.6 Å². The van der Waals surface area contributed by atoms with Gasteiger partial charge in [0, 0.05) is 5.69 Å². The van der Waals surface area contributed by atoms with E-state index in [-0.39, 0.29) is 11.8 Å². The van der Waals surface area contributed by atoms with Gasteiger partial charge < -0.3 is 11.1 Å². The van der Waals surface area contributed by atoms with Gasteiger partial charge in [0.05, 0.1) is 0 Å². The second-order valence-corrected chi connectivity index (χ2v) is 2.50. The van der Waals surface area contributed by atoms with Gasteiger partial charge in [0.2, 0.25) is 5.96 Å². The number of benzene rings is 1. The van der Waals surface area contributed by atoms with Gasteiger partial charge >= 0.3 is 6.03 Å². The zero-order valence-corrected chi connectivity index (χ0v) is 7.17. The van der Waals surface area contributed by atoms with Crippen molar-refractivity contribution in [2.24, 2.45) is 5.73 Å². The molecule has 0 aliphatic heterocycles. The summed E-state index contributed by atoms with van der Waals surface area (Å²) >= 11 is 0. The van der Waals surface area contributed by atoms with Gasteiger partial charge in [0.15, 0.2) is 0 Å². The Kier molecular flexibility index (Phi) is 3.01. The zero-order valence-electron chi connectivity index (χ0n) is 7.17. The second-order valence-electron chi connectivity index (χ2n) is 2.50. The van der Waals surface area contributed by atoms with Crippen LogP contribution in [-0.2, 0) is 0 Å². The van der Waals surface area contributed by atoms with Crippen LogP contribution < -0.4 is 16.4 Å². The molecule has 5 nitrogen and oxygen atoms in total. The normalized spacial score (nSPS) is 9.21. The summed E-state index contributed by atoms with van der Waals surface area (Å²) in [6.45, 7) is 0. The number of nitrogens with one attached hydrogen (secondary N) is 3. The van der Waals surface area contributed by atoms with E-state index in [0.29, 0.717) is 5.69 Å². The molecule has 0 fully saturated rings. The van der Waals surface area contributed by atoms with E-state index in [1.165, 1.54) is 24.3 Å². The largest absolute Gasteiger partial charge is 0.351 e. The van der Waals surface area contributed by atoms with E-state index >= 15 is 0 Å². The third kappa shape index (κ3) is 3.10. The number of carbonyl (C=O) groups excluding carboxylic acids is 1. The fourth-order valence-electron chi connectivity index (χ4n) is 0.832. The van der Waals surface area contributed by atoms with Gasteiger partial charge in [-0.25, -0.2) is 9.18 Å². The van der Waals surface area contributed by atoms with Gasteiger partial charge in [-0.15, -0.1) is 0 Å². The number of primary amides is 1. The van der Waals surface area contributed by atoms with Crippen LogP contribution in [0.4, 0.5) is 14.9 Å². The minimum absolute atomic E-state index is 0.260. The molecule has 2 amide bonds. The maximum Gasteiger partial charge on any atom is 0.318 e. The Morgan fingerprint density at radius 1 is 1.36 bits per heavy atom. The van der Waals surface area contributed by atoms with E-state index < -0.39 is 6.03 Å². The second kappa shape index (κ2) is 4.22. The summed E-state index contributed by atoms with van der Waals surface area (Å²) in [4.78, 5) is 10.3. The quantitative estimate of drug-likeness (QED) is 0.396. The molecular formula is C8H9FN4O. The molecule has 1 aromatic rings. The topological polar surface area (TPSA) is 91.0 Å². The van der Waals surface area contributed by atoms with Crippen LogP contribution in [0.25, 0.3) is 0 Å². The minimum Gasteiger partial charge on any atom is -0.351 e. The SMILES string of the molecule is N=C(NC(N)=O)Nc1ccc(F)cc1. The molecular weight excluding hydrogens is 187 g/mol. The molecule has 0 atom stereocenters. The number of anilines is 1. The smallest absolute Gasteiger partial charge is 0.318 e. The number of nitrogens with two attached hydrogens (primary N) is 1. The first-order valence-corrected chi connectivity index (χ1v) is 3.75. The number of hydrogen-bond acceptors (Lipinski definition) is 2. The van der Waals surface area contributed by atoms with Crippen LogP contribution >= 0.6 is 0 Å². The lowest BCUT2D eigenvalue weighted by Gasteiger charge is -2.06. The van der Waals surface area contributed by atoms with Crippen molar-refractivity contribution in [1.29, 1.82) is 5.41 Å². The Hall–Kier alpha value is -2.11. The Morgan fingerprint density at radius 2 is 1.93 bits per heavy atom. The molecule has 0 saturated heterocycles. The number of halogens is 1. The maximum absolute atomic E-state index is 12.5. The maximum atomic E-state index is 12.5. The van der Waals surface area contributed by atoms with E-state index in [1.54, 1.807) is 0 Å². The lowest BCUT2D eigenvalue weighted by atomic mass is 10.3. The first kappa shape index (κ1) is 9.97. The molecule has 1 rings (SSSR count). The van der Waals surface area contributed by atoms with Crippen molar-refractivity contribution in [2.45, 2.75) is 0 Å². The molecule has 0 radical (unpaired) electrons. The van der Waals surface area contributed by atoms with E-state index in [0.717, 1.165) is 0 Å². The number of carbonyl (C=O) groups is 1. The van der Waals surface area contributed by atoms with Crippen LogP contribution in [0.3, 0.4) is 0 Å². The summed E-state index contributed by atoms with van der Waals surface area (Å²) in [7, 11) is 0. The highest BCUT2D eigenvalue weighted by Gasteiger charge is 1.99. The number of guanidine groups is 1. The monoisotopic (exact) mass is 196 g/mol. The molecule has 1 aromatic carbocycles. The highest BCUT2D eigenvalue weighted by Crippen LogP contribution is 2.07. The third-order valence-electron chi connectivity index (χ3n) is 1.36. The lowest BCUT2D eigenvalue weighted by Crippen LogP contribution is -2.38. The molecule has 0 saturated carbocycles. The average molecular weight is 196 g/mol. The molecule has 0 aliphatic rings. The van der Waals surface area contributed by atoms with Crippen molar-refractivity contribution in [2.75, 3.05) is 5.32 Å². The van der Waals surface area contributed by atoms with Crippen LogP contribution in [0, 0.1) is 11.2 Å². The Balaban J connectivity index is 2.56. The molecule has 0 aromatic heterocycles. The Bertz CT molecular complexity index is 349. The van der Waals surface area contributed by atoms with Gasteiger partial charge in [-0.3, -0.25) is 10.7 Å². The summed E-state index contributed by atoms with van der Waals surface area (Å²) in [5, 5.41) is 11.7. The molecule has 5 N–H and O–H groups in total. The van der Waals surface area contributed by atoms with E-state index in [4.69, 9.17) is 11.1 Å². The van der Waals surface area contributed by atoms with Crippen LogP contribution in [0.5, 0.6) is 0 Å². The number of amides is 2. The minimum atomic E-state index is -0.829. The molecule has 14 heavy (non-hydrogen) atoms. The molecule has 0 bridgehead atoms. The summed E-state index contributed by atoms with van der Waals surface area (Å²) < 4.78 is 12.5. The molecule has 0 spiro atoms. The van der Waals surface area contributed by atoms with Crippen molar-refractivity contribution in [3.63, 3.8) is 0 Å². The number of urea groups is 1. The summed E-state index contributed by atoms with van der Waals surface area (Å²) in [5.74, 6) is -0.631. The lowest BCUT2D eigenvalue weighted by molar-refractivity contribution is 0.253. The van der Waals surface area contributed by atoms with Gasteiger partial charge in [-0.1, -0.05) is 0 Å². The molecule has 0 aliphatic carbocycles. The van der Waals surface area contributed by atoms with Gasteiger partial charge in [0.25, 0.3) is 0 Å². The number of rotatable bonds is 1. The number of hydrogen-bond donors (Lipinski definition) is 4. The summed E-state index contributed by atoms with van der Waals surface area (Å²) in [5.41, 5.74) is 5.27. The first-order valence-electron chi connectivity index (χ1n) is 3.75. The first-order chi connectivity index (χ1) is 6.58. The van der Waals surface area contributed by atoms with Gasteiger partial charge in [0.1, 0.15) is 5.82 Å². The fourth-order valence-corrected chi connectivity index (χ4v) is 0.832. The molecule has 0 unspecified atom stereocenters. The molecule has 6 heteroatoms. The van der Waals surface area contributed by atoms with E-state index in [1.807, 2.05) is 5.32 Å². The third-order valence-corrected chi connectivity index (χ3v) is 1.36. The van der Waals surface area contributed by atoms with Crippen molar-refractivity contribution < 1.29 is 9.18 Å². The predicted octanol–water partition coefficient (Wildman–Crippen LogP) is 0.841. The van der Waals surface area contributed by atoms with Crippen LogP contribution in [0.15, 0.2) is 24.3 Å². The van der Waals surface area contributed by atoms with E-state index in [9.17, 15) is 9.18 Å². The van der Waals surface area contributed by atoms with E-state index in [2.05, 4.69) is 5.32 Å². The van der Waals surface area contributed by atoms with Crippen molar-refractivity contribution in [3.05, 3.63) is 30.1 Å².